The van der Waals surface area contributed by atoms with Gasteiger partial charge in [-0.3, -0.25) is 4.79 Å². The summed E-state index contributed by atoms with van der Waals surface area (Å²) in [5, 5.41) is 9.91. The first kappa shape index (κ1) is 13.7. The third kappa shape index (κ3) is 3.17. The van der Waals surface area contributed by atoms with Crippen LogP contribution in [0.4, 0.5) is 5.69 Å². The lowest BCUT2D eigenvalue weighted by Crippen LogP contribution is -2.33. The van der Waals surface area contributed by atoms with Crippen molar-refractivity contribution in [1.29, 1.82) is 0 Å². The number of nitrogens with two attached hydrogens (primary N) is 1. The molecule has 1 heterocycles. The molecule has 5 heteroatoms. The predicted octanol–water partition coefficient (Wildman–Crippen LogP) is 1.26. The standard InChI is InChI=1S/C14H20N2O3/c1-3-19-12-7-10(6-11(15)8-12)13(17)16-5-4-14(2,18)9-16/h6-8,18H,3-5,9,15H2,1-2H3. The van der Waals surface area contributed by atoms with Crippen molar-refractivity contribution in [1.82, 2.24) is 4.90 Å². The minimum absolute atomic E-state index is 0.119. The fourth-order valence-corrected chi connectivity index (χ4v) is 2.30. The zero-order chi connectivity index (χ0) is 14.0. The normalized spacial score (nSPS) is 22.6. The largest absolute Gasteiger partial charge is 0.494 e. The van der Waals surface area contributed by atoms with E-state index in [0.29, 0.717) is 43.1 Å². The average molecular weight is 264 g/mol. The molecule has 1 aromatic rings. The van der Waals surface area contributed by atoms with Crippen LogP contribution in [0.2, 0.25) is 0 Å². The van der Waals surface area contributed by atoms with Gasteiger partial charge < -0.3 is 20.5 Å². The molecule has 3 N–H and O–H groups in total. The van der Waals surface area contributed by atoms with Crippen molar-refractivity contribution in [2.45, 2.75) is 25.9 Å². The van der Waals surface area contributed by atoms with Crippen LogP contribution < -0.4 is 10.5 Å². The zero-order valence-electron chi connectivity index (χ0n) is 11.3. The van der Waals surface area contributed by atoms with Crippen molar-refractivity contribution in [3.63, 3.8) is 0 Å². The van der Waals surface area contributed by atoms with Crippen LogP contribution in [0.1, 0.15) is 30.6 Å². The van der Waals surface area contributed by atoms with E-state index in [1.807, 2.05) is 6.92 Å². The highest BCUT2D eigenvalue weighted by atomic mass is 16.5. The van der Waals surface area contributed by atoms with Gasteiger partial charge in [-0.1, -0.05) is 0 Å². The molecule has 1 saturated heterocycles. The summed E-state index contributed by atoms with van der Waals surface area (Å²) in [6, 6.07) is 5.02. The minimum atomic E-state index is -0.793. The van der Waals surface area contributed by atoms with E-state index >= 15 is 0 Å². The molecule has 104 valence electrons. The summed E-state index contributed by atoms with van der Waals surface area (Å²) in [6.45, 7) is 5.05. The smallest absolute Gasteiger partial charge is 0.254 e. The lowest BCUT2D eigenvalue weighted by molar-refractivity contribution is 0.0572. The molecule has 1 aliphatic heterocycles. The van der Waals surface area contributed by atoms with Crippen molar-refractivity contribution in [2.24, 2.45) is 0 Å². The second-order valence-electron chi connectivity index (χ2n) is 5.20. The topological polar surface area (TPSA) is 75.8 Å². The number of ether oxygens (including phenoxy) is 1. The Bertz CT molecular complexity index is 486. The Morgan fingerprint density at radius 2 is 2.26 bits per heavy atom. The molecule has 1 unspecified atom stereocenters. The molecule has 0 aliphatic carbocycles. The number of nitrogens with zero attached hydrogens (tertiary/aromatic N) is 1. The summed E-state index contributed by atoms with van der Waals surface area (Å²) in [5.74, 6) is 0.475. The Morgan fingerprint density at radius 3 is 2.84 bits per heavy atom. The number of hydrogen-bond donors (Lipinski definition) is 2. The summed E-state index contributed by atoms with van der Waals surface area (Å²) >= 11 is 0. The average Bonchev–Trinajstić information content (AvgIpc) is 2.68. The van der Waals surface area contributed by atoms with Crippen LogP contribution >= 0.6 is 0 Å². The molecule has 1 atom stereocenters. The van der Waals surface area contributed by atoms with Crippen LogP contribution in [0, 0.1) is 0 Å². The predicted molar refractivity (Wildman–Crippen MR) is 73.2 cm³/mol. The van der Waals surface area contributed by atoms with Crippen molar-refractivity contribution in [3.8, 4) is 5.75 Å². The van der Waals surface area contributed by atoms with Crippen molar-refractivity contribution >= 4 is 11.6 Å². The molecular formula is C14H20N2O3. The van der Waals surface area contributed by atoms with E-state index in [-0.39, 0.29) is 5.91 Å². The molecule has 1 fully saturated rings. The quantitative estimate of drug-likeness (QED) is 0.806. The number of carbonyl (C=O) groups is 1. The summed E-state index contributed by atoms with van der Waals surface area (Å²) in [5.41, 5.74) is 5.99. The summed E-state index contributed by atoms with van der Waals surface area (Å²) in [6.07, 6.45) is 0.597. The number of anilines is 1. The molecule has 0 bridgehead atoms. The van der Waals surface area contributed by atoms with E-state index in [0.717, 1.165) is 0 Å². The fourth-order valence-electron chi connectivity index (χ4n) is 2.30. The summed E-state index contributed by atoms with van der Waals surface area (Å²) in [7, 11) is 0. The highest BCUT2D eigenvalue weighted by molar-refractivity contribution is 5.95. The number of hydrogen-bond acceptors (Lipinski definition) is 4. The first-order valence-corrected chi connectivity index (χ1v) is 6.46. The maximum absolute atomic E-state index is 12.3. The maximum atomic E-state index is 12.3. The zero-order valence-corrected chi connectivity index (χ0v) is 11.3. The fraction of sp³-hybridized carbons (Fsp3) is 0.500. The molecule has 1 aliphatic rings. The first-order chi connectivity index (χ1) is 8.91. The molecule has 19 heavy (non-hydrogen) atoms. The third-order valence-electron chi connectivity index (χ3n) is 3.23. The number of β-amino-alcohol motifs (C(OH)–C–C–N with tert-alkyl or cyclic N) is 1. The van der Waals surface area contributed by atoms with Gasteiger partial charge in [-0.2, -0.15) is 0 Å². The number of likely N-dealkylation sites (tertiary alicyclic amines) is 1. The van der Waals surface area contributed by atoms with E-state index in [1.165, 1.54) is 0 Å². The molecular weight excluding hydrogens is 244 g/mol. The van der Waals surface area contributed by atoms with Gasteiger partial charge in [-0.25, -0.2) is 0 Å². The molecule has 1 amide bonds. The Labute approximate surface area is 113 Å². The number of benzene rings is 1. The van der Waals surface area contributed by atoms with Crippen LogP contribution in [-0.2, 0) is 0 Å². The van der Waals surface area contributed by atoms with Crippen LogP contribution in [0.25, 0.3) is 0 Å². The highest BCUT2D eigenvalue weighted by Gasteiger charge is 2.34. The van der Waals surface area contributed by atoms with Crippen molar-refractivity contribution in [3.05, 3.63) is 23.8 Å². The van der Waals surface area contributed by atoms with E-state index in [1.54, 1.807) is 30.0 Å². The van der Waals surface area contributed by atoms with Gasteiger partial charge in [-0.05, 0) is 32.4 Å². The van der Waals surface area contributed by atoms with E-state index < -0.39 is 5.60 Å². The number of amides is 1. The van der Waals surface area contributed by atoms with Crippen LogP contribution in [0.3, 0.4) is 0 Å². The first-order valence-electron chi connectivity index (χ1n) is 6.46. The Morgan fingerprint density at radius 1 is 1.53 bits per heavy atom. The lowest BCUT2D eigenvalue weighted by atomic mass is 10.1. The monoisotopic (exact) mass is 264 g/mol. The number of rotatable bonds is 3. The van der Waals surface area contributed by atoms with Crippen molar-refractivity contribution < 1.29 is 14.6 Å². The van der Waals surface area contributed by atoms with Gasteiger partial charge in [0.15, 0.2) is 0 Å². The van der Waals surface area contributed by atoms with E-state index in [4.69, 9.17) is 10.5 Å². The van der Waals surface area contributed by atoms with Crippen molar-refractivity contribution in [2.75, 3.05) is 25.4 Å². The second kappa shape index (κ2) is 5.09. The lowest BCUT2D eigenvalue weighted by Gasteiger charge is -2.19. The van der Waals surface area contributed by atoms with Gasteiger partial charge in [0.1, 0.15) is 5.75 Å². The number of nitrogen functional groups attached to an aromatic ring is 1. The SMILES string of the molecule is CCOc1cc(N)cc(C(=O)N2CCC(C)(O)C2)c1. The van der Waals surface area contributed by atoms with Gasteiger partial charge in [0.2, 0.25) is 0 Å². The molecule has 1 aromatic carbocycles. The maximum Gasteiger partial charge on any atom is 0.254 e. The Balaban J connectivity index is 2.19. The second-order valence-corrected chi connectivity index (χ2v) is 5.20. The van der Waals surface area contributed by atoms with Gasteiger partial charge in [0, 0.05) is 30.4 Å². The highest BCUT2D eigenvalue weighted by Crippen LogP contribution is 2.25. The van der Waals surface area contributed by atoms with Gasteiger partial charge in [0.05, 0.1) is 12.2 Å². The molecule has 2 rings (SSSR count). The third-order valence-corrected chi connectivity index (χ3v) is 3.23. The van der Waals surface area contributed by atoms with E-state index in [2.05, 4.69) is 0 Å². The minimum Gasteiger partial charge on any atom is -0.494 e. The Kier molecular flexibility index (Phi) is 3.66. The number of carbonyl (C=O) groups excluding carboxylic acids is 1. The van der Waals surface area contributed by atoms with Gasteiger partial charge in [-0.15, -0.1) is 0 Å². The molecule has 0 aromatic heterocycles. The molecule has 5 nitrogen and oxygen atoms in total. The Hall–Kier alpha value is -1.75. The number of aliphatic hydroxyl groups is 1. The summed E-state index contributed by atoms with van der Waals surface area (Å²) < 4.78 is 5.38. The molecule has 0 radical (unpaired) electrons. The van der Waals surface area contributed by atoms with Crippen LogP contribution in [0.15, 0.2) is 18.2 Å². The molecule has 0 spiro atoms. The summed E-state index contributed by atoms with van der Waals surface area (Å²) in [4.78, 5) is 14.0. The van der Waals surface area contributed by atoms with E-state index in [9.17, 15) is 9.90 Å². The molecule has 0 saturated carbocycles. The van der Waals surface area contributed by atoms with Gasteiger partial charge in [0.25, 0.3) is 5.91 Å². The van der Waals surface area contributed by atoms with Crippen LogP contribution in [-0.4, -0.2) is 41.2 Å². The van der Waals surface area contributed by atoms with Gasteiger partial charge >= 0.3 is 0 Å². The van der Waals surface area contributed by atoms with Crippen LogP contribution in [0.5, 0.6) is 5.75 Å².